The molecule has 4 nitrogen and oxygen atoms in total. The summed E-state index contributed by atoms with van der Waals surface area (Å²) in [6.45, 7) is 0.369. The van der Waals surface area contributed by atoms with Gasteiger partial charge in [0.25, 0.3) is 0 Å². The van der Waals surface area contributed by atoms with Gasteiger partial charge in [0.2, 0.25) is 5.91 Å². The lowest BCUT2D eigenvalue weighted by atomic mass is 9.85. The smallest absolute Gasteiger partial charge is 0.220 e. The molecule has 1 unspecified atom stereocenters. The summed E-state index contributed by atoms with van der Waals surface area (Å²) in [5.41, 5.74) is 7.58. The van der Waals surface area contributed by atoms with Crippen LogP contribution in [0.5, 0.6) is 0 Å². The van der Waals surface area contributed by atoms with Crippen LogP contribution in [0.2, 0.25) is 0 Å². The standard InChI is InChI=1S/C17H26N2O2.ClH/c18-15-9-5-4-6-13(15)10-11-17(21)19-12-16(20)14-7-2-1-3-8-14;/h4-6,9,14,16,20H,1-3,7-8,10-12,18H2,(H,19,21);1H. The molecule has 0 saturated heterocycles. The van der Waals surface area contributed by atoms with E-state index in [-0.39, 0.29) is 18.3 Å². The minimum absolute atomic E-state index is 0. The molecule has 1 aromatic carbocycles. The quantitative estimate of drug-likeness (QED) is 0.703. The SMILES string of the molecule is Cl.Nc1ccccc1CCC(=O)NCC(O)C1CCCCC1. The van der Waals surface area contributed by atoms with Gasteiger partial charge in [-0.1, -0.05) is 37.5 Å². The first-order valence-electron chi connectivity index (χ1n) is 7.95. The zero-order valence-corrected chi connectivity index (χ0v) is 13.8. The van der Waals surface area contributed by atoms with Gasteiger partial charge in [0.05, 0.1) is 6.10 Å². The average molecular weight is 327 g/mol. The van der Waals surface area contributed by atoms with Gasteiger partial charge in [-0.15, -0.1) is 12.4 Å². The van der Waals surface area contributed by atoms with Crippen LogP contribution < -0.4 is 11.1 Å². The molecule has 1 aromatic rings. The first kappa shape index (κ1) is 18.8. The number of carbonyl (C=O) groups excluding carboxylic acids is 1. The molecule has 1 amide bonds. The van der Waals surface area contributed by atoms with Gasteiger partial charge in [0.15, 0.2) is 0 Å². The number of aliphatic hydroxyl groups is 1. The molecule has 0 radical (unpaired) electrons. The van der Waals surface area contributed by atoms with E-state index >= 15 is 0 Å². The Morgan fingerprint density at radius 2 is 1.95 bits per heavy atom. The number of nitrogens with one attached hydrogen (secondary N) is 1. The predicted octanol–water partition coefficient (Wildman–Crippen LogP) is 2.68. The molecule has 1 atom stereocenters. The van der Waals surface area contributed by atoms with Crippen molar-refractivity contribution in [3.05, 3.63) is 29.8 Å². The first-order valence-corrected chi connectivity index (χ1v) is 7.95. The maximum absolute atomic E-state index is 11.9. The Kier molecular flexibility index (Phi) is 8.28. The fourth-order valence-corrected chi connectivity index (χ4v) is 3.00. The summed E-state index contributed by atoms with van der Waals surface area (Å²) in [6.07, 6.45) is 6.47. The van der Waals surface area contributed by atoms with Gasteiger partial charge >= 0.3 is 0 Å². The van der Waals surface area contributed by atoms with Crippen LogP contribution in [0.25, 0.3) is 0 Å². The predicted molar refractivity (Wildman–Crippen MR) is 92.0 cm³/mol. The second-order valence-electron chi connectivity index (χ2n) is 5.97. The van der Waals surface area contributed by atoms with Crippen LogP contribution in [0, 0.1) is 5.92 Å². The molecule has 4 N–H and O–H groups in total. The molecular formula is C17H27ClN2O2. The number of nitrogen functional groups attached to an aromatic ring is 1. The van der Waals surface area contributed by atoms with Gasteiger partial charge in [-0.2, -0.15) is 0 Å². The zero-order chi connectivity index (χ0) is 15.1. The summed E-state index contributed by atoms with van der Waals surface area (Å²) >= 11 is 0. The number of carbonyl (C=O) groups is 1. The first-order chi connectivity index (χ1) is 10.2. The van der Waals surface area contributed by atoms with Crippen molar-refractivity contribution < 1.29 is 9.90 Å². The van der Waals surface area contributed by atoms with Crippen molar-refractivity contribution in [1.82, 2.24) is 5.32 Å². The number of amides is 1. The van der Waals surface area contributed by atoms with E-state index in [1.807, 2.05) is 24.3 Å². The number of halogens is 1. The topological polar surface area (TPSA) is 75.4 Å². The second-order valence-corrected chi connectivity index (χ2v) is 5.97. The molecule has 22 heavy (non-hydrogen) atoms. The number of rotatable bonds is 6. The lowest BCUT2D eigenvalue weighted by molar-refractivity contribution is -0.121. The highest BCUT2D eigenvalue weighted by atomic mass is 35.5. The Hall–Kier alpha value is -1.26. The van der Waals surface area contributed by atoms with Crippen LogP contribution >= 0.6 is 12.4 Å². The third-order valence-corrected chi connectivity index (χ3v) is 4.38. The van der Waals surface area contributed by atoms with Gasteiger partial charge in [-0.05, 0) is 36.8 Å². The lowest BCUT2D eigenvalue weighted by Crippen LogP contribution is -2.37. The highest BCUT2D eigenvalue weighted by Gasteiger charge is 2.21. The Bertz CT molecular complexity index is 462. The molecule has 124 valence electrons. The molecule has 5 heteroatoms. The van der Waals surface area contributed by atoms with Gasteiger partial charge in [-0.25, -0.2) is 0 Å². The summed E-state index contributed by atoms with van der Waals surface area (Å²) in [5.74, 6) is 0.330. The number of hydrogen-bond acceptors (Lipinski definition) is 3. The highest BCUT2D eigenvalue weighted by molar-refractivity contribution is 5.85. The maximum Gasteiger partial charge on any atom is 0.220 e. The molecule has 0 aliphatic heterocycles. The number of hydrogen-bond donors (Lipinski definition) is 3. The third kappa shape index (κ3) is 5.85. The largest absolute Gasteiger partial charge is 0.399 e. The summed E-state index contributed by atoms with van der Waals surface area (Å²) < 4.78 is 0. The van der Waals surface area contributed by atoms with Crippen molar-refractivity contribution in [3.8, 4) is 0 Å². The van der Waals surface area contributed by atoms with Crippen molar-refractivity contribution in [2.45, 2.75) is 51.0 Å². The second kappa shape index (κ2) is 9.70. The molecule has 0 aromatic heterocycles. The Labute approximate surface area is 138 Å². The van der Waals surface area contributed by atoms with E-state index in [2.05, 4.69) is 5.32 Å². The highest BCUT2D eigenvalue weighted by Crippen LogP contribution is 2.26. The van der Waals surface area contributed by atoms with E-state index < -0.39 is 6.10 Å². The minimum atomic E-state index is -0.406. The summed E-state index contributed by atoms with van der Waals surface area (Å²) in [6, 6.07) is 7.61. The lowest BCUT2D eigenvalue weighted by Gasteiger charge is -2.26. The molecule has 0 heterocycles. The Balaban J connectivity index is 0.00000242. The van der Waals surface area contributed by atoms with Crippen molar-refractivity contribution in [2.75, 3.05) is 12.3 Å². The number of aliphatic hydroxyl groups excluding tert-OH is 1. The fourth-order valence-electron chi connectivity index (χ4n) is 3.00. The van der Waals surface area contributed by atoms with Crippen molar-refractivity contribution in [3.63, 3.8) is 0 Å². The summed E-state index contributed by atoms with van der Waals surface area (Å²) in [5, 5.41) is 13.0. The van der Waals surface area contributed by atoms with Crippen LogP contribution in [-0.2, 0) is 11.2 Å². The average Bonchev–Trinajstić information content (AvgIpc) is 2.52. The molecular weight excluding hydrogens is 300 g/mol. The molecule has 1 fully saturated rings. The summed E-state index contributed by atoms with van der Waals surface area (Å²) in [4.78, 5) is 11.9. The van der Waals surface area contributed by atoms with Crippen LogP contribution in [0.15, 0.2) is 24.3 Å². The van der Waals surface area contributed by atoms with Crippen molar-refractivity contribution in [2.24, 2.45) is 5.92 Å². The Morgan fingerprint density at radius 1 is 1.27 bits per heavy atom. The number of nitrogens with two attached hydrogens (primary N) is 1. The number of para-hydroxylation sites is 1. The maximum atomic E-state index is 11.9. The van der Waals surface area contributed by atoms with E-state index in [9.17, 15) is 9.90 Å². The van der Waals surface area contributed by atoms with Crippen molar-refractivity contribution >= 4 is 24.0 Å². The van der Waals surface area contributed by atoms with Crippen molar-refractivity contribution in [1.29, 1.82) is 0 Å². The van der Waals surface area contributed by atoms with Gasteiger partial charge < -0.3 is 16.2 Å². The van der Waals surface area contributed by atoms with Gasteiger partial charge in [-0.3, -0.25) is 4.79 Å². The van der Waals surface area contributed by atoms with E-state index in [0.717, 1.165) is 24.1 Å². The normalized spacial score (nSPS) is 16.6. The molecule has 1 saturated carbocycles. The Morgan fingerprint density at radius 3 is 2.64 bits per heavy atom. The molecule has 1 aliphatic carbocycles. The van der Waals surface area contributed by atoms with E-state index in [0.29, 0.717) is 25.3 Å². The molecule has 0 spiro atoms. The van der Waals surface area contributed by atoms with Crippen LogP contribution in [0.4, 0.5) is 5.69 Å². The summed E-state index contributed by atoms with van der Waals surface area (Å²) in [7, 11) is 0. The number of aryl methyl sites for hydroxylation is 1. The molecule has 0 bridgehead atoms. The monoisotopic (exact) mass is 326 g/mol. The molecule has 1 aliphatic rings. The number of anilines is 1. The van der Waals surface area contributed by atoms with E-state index in [1.165, 1.54) is 19.3 Å². The number of benzene rings is 1. The van der Waals surface area contributed by atoms with E-state index in [4.69, 9.17) is 5.73 Å². The minimum Gasteiger partial charge on any atom is -0.399 e. The van der Waals surface area contributed by atoms with Gasteiger partial charge in [0, 0.05) is 18.7 Å². The van der Waals surface area contributed by atoms with Crippen LogP contribution in [0.1, 0.15) is 44.1 Å². The molecule has 2 rings (SSSR count). The van der Waals surface area contributed by atoms with Crippen LogP contribution in [-0.4, -0.2) is 23.7 Å². The zero-order valence-electron chi connectivity index (χ0n) is 13.0. The van der Waals surface area contributed by atoms with Crippen LogP contribution in [0.3, 0.4) is 0 Å². The fraction of sp³-hybridized carbons (Fsp3) is 0.588. The van der Waals surface area contributed by atoms with E-state index in [1.54, 1.807) is 0 Å². The third-order valence-electron chi connectivity index (χ3n) is 4.38. The van der Waals surface area contributed by atoms with Gasteiger partial charge in [0.1, 0.15) is 0 Å².